The molecule has 1 aliphatic rings. The summed E-state index contributed by atoms with van der Waals surface area (Å²) >= 11 is 0. The number of carbonyl (C=O) groups excluding carboxylic acids is 1. The molecule has 0 heterocycles. The van der Waals surface area contributed by atoms with Crippen LogP contribution in [-0.4, -0.2) is 19.2 Å². The Kier molecular flexibility index (Phi) is 5.91. The Balaban J connectivity index is 1.33. The first-order chi connectivity index (χ1) is 15.3. The third kappa shape index (κ3) is 4.47. The first kappa shape index (κ1) is 21.5. The van der Waals surface area contributed by atoms with E-state index in [1.54, 1.807) is 0 Å². The van der Waals surface area contributed by atoms with E-state index < -0.39 is 17.8 Å². The zero-order valence-electron chi connectivity index (χ0n) is 17.3. The minimum atomic E-state index is -4.39. The molecule has 0 saturated carbocycles. The predicted molar refractivity (Wildman–Crippen MR) is 116 cm³/mol. The summed E-state index contributed by atoms with van der Waals surface area (Å²) in [6, 6.07) is 19.8. The Morgan fingerprint density at radius 3 is 2.22 bits per heavy atom. The molecule has 0 fully saturated rings. The molecule has 3 aromatic rings. The Labute approximate surface area is 184 Å². The zero-order chi connectivity index (χ0) is 22.7. The van der Waals surface area contributed by atoms with Crippen LogP contribution in [0.3, 0.4) is 0 Å². The van der Waals surface area contributed by atoms with Crippen LogP contribution < -0.4 is 5.32 Å². The Bertz CT molecular complexity index is 1180. The van der Waals surface area contributed by atoms with Gasteiger partial charge in [0.25, 0.3) is 0 Å². The molecule has 162 valence electrons. The van der Waals surface area contributed by atoms with Gasteiger partial charge in [0, 0.05) is 11.5 Å². The normalized spacial score (nSPS) is 12.4. The number of benzene rings is 3. The molecule has 6 heteroatoms. The van der Waals surface area contributed by atoms with Gasteiger partial charge in [-0.15, -0.1) is 0 Å². The van der Waals surface area contributed by atoms with Gasteiger partial charge in [0.15, 0.2) is 0 Å². The van der Waals surface area contributed by atoms with Crippen molar-refractivity contribution in [2.75, 3.05) is 13.2 Å². The lowest BCUT2D eigenvalue weighted by atomic mass is 9.98. The maximum atomic E-state index is 12.8. The molecule has 0 bridgehead atoms. The van der Waals surface area contributed by atoms with Crippen molar-refractivity contribution in [3.63, 3.8) is 0 Å². The van der Waals surface area contributed by atoms with Crippen molar-refractivity contribution >= 4 is 6.09 Å². The molecule has 0 aromatic heterocycles. The van der Waals surface area contributed by atoms with Gasteiger partial charge in [0.05, 0.1) is 12.1 Å². The topological polar surface area (TPSA) is 38.3 Å². The molecule has 0 radical (unpaired) electrons. The lowest BCUT2D eigenvalue weighted by Gasteiger charge is -2.14. The van der Waals surface area contributed by atoms with Crippen molar-refractivity contribution < 1.29 is 22.7 Å². The van der Waals surface area contributed by atoms with E-state index in [1.807, 2.05) is 36.4 Å². The van der Waals surface area contributed by atoms with Crippen LogP contribution in [0.15, 0.2) is 66.7 Å². The van der Waals surface area contributed by atoms with E-state index in [-0.39, 0.29) is 24.6 Å². The number of halogens is 3. The maximum Gasteiger partial charge on any atom is 0.416 e. The summed E-state index contributed by atoms with van der Waals surface area (Å²) in [6.45, 7) is 1.62. The number of nitrogens with one attached hydrogen (secondary N) is 1. The molecular formula is C26H20F3NO2. The van der Waals surface area contributed by atoms with Crippen LogP contribution in [-0.2, 0) is 10.9 Å². The van der Waals surface area contributed by atoms with Gasteiger partial charge >= 0.3 is 12.3 Å². The average Bonchev–Trinajstić information content (AvgIpc) is 3.08. The number of hydrogen-bond donors (Lipinski definition) is 1. The first-order valence-corrected chi connectivity index (χ1v) is 10.1. The minimum Gasteiger partial charge on any atom is -0.449 e. The summed E-state index contributed by atoms with van der Waals surface area (Å²) in [4.78, 5) is 12.1. The van der Waals surface area contributed by atoms with Gasteiger partial charge in [-0.25, -0.2) is 4.79 Å². The van der Waals surface area contributed by atoms with Crippen LogP contribution in [0.5, 0.6) is 0 Å². The smallest absolute Gasteiger partial charge is 0.416 e. The molecule has 0 unspecified atom stereocenters. The second kappa shape index (κ2) is 8.80. The summed E-state index contributed by atoms with van der Waals surface area (Å²) < 4.78 is 43.9. The number of rotatable bonds is 3. The average molecular weight is 435 g/mol. The quantitative estimate of drug-likeness (QED) is 0.520. The fourth-order valence-corrected chi connectivity index (χ4v) is 3.97. The number of amides is 1. The highest BCUT2D eigenvalue weighted by molar-refractivity contribution is 5.79. The number of carbonyl (C=O) groups is 1. The molecule has 1 amide bonds. The van der Waals surface area contributed by atoms with Gasteiger partial charge in [-0.05, 0) is 52.9 Å². The molecule has 0 spiro atoms. The van der Waals surface area contributed by atoms with Crippen LogP contribution in [0.2, 0.25) is 0 Å². The van der Waals surface area contributed by atoms with Gasteiger partial charge in [0.2, 0.25) is 0 Å². The minimum absolute atomic E-state index is 0.0245. The highest BCUT2D eigenvalue weighted by atomic mass is 19.4. The second-order valence-corrected chi connectivity index (χ2v) is 7.51. The second-order valence-electron chi connectivity index (χ2n) is 7.51. The van der Waals surface area contributed by atoms with E-state index in [0.717, 1.165) is 28.3 Å². The van der Waals surface area contributed by atoms with Crippen LogP contribution in [0.4, 0.5) is 18.0 Å². The lowest BCUT2D eigenvalue weighted by Crippen LogP contribution is -2.26. The molecule has 3 nitrogen and oxygen atoms in total. The van der Waals surface area contributed by atoms with Gasteiger partial charge < -0.3 is 10.1 Å². The zero-order valence-corrected chi connectivity index (χ0v) is 17.3. The first-order valence-electron chi connectivity index (χ1n) is 10.1. The van der Waals surface area contributed by atoms with Gasteiger partial charge in [0.1, 0.15) is 6.61 Å². The Morgan fingerprint density at radius 2 is 1.62 bits per heavy atom. The number of fused-ring (bicyclic) bond motifs is 3. The van der Waals surface area contributed by atoms with Crippen LogP contribution >= 0.6 is 0 Å². The fourth-order valence-electron chi connectivity index (χ4n) is 3.97. The van der Waals surface area contributed by atoms with E-state index in [0.29, 0.717) is 5.56 Å². The SMILES string of the molecule is Cc1cc(C#CCNC(=O)OCC2c3ccccc3-c3ccccc32)ccc1C(F)(F)F. The summed E-state index contributed by atoms with van der Waals surface area (Å²) in [6.07, 6.45) is -4.98. The van der Waals surface area contributed by atoms with Gasteiger partial charge in [-0.3, -0.25) is 0 Å². The molecule has 0 saturated heterocycles. The number of aryl methyl sites for hydroxylation is 1. The van der Waals surface area contributed by atoms with E-state index >= 15 is 0 Å². The van der Waals surface area contributed by atoms with Crippen LogP contribution in [0.1, 0.15) is 33.7 Å². The number of alkyl halides is 3. The highest BCUT2D eigenvalue weighted by Crippen LogP contribution is 2.44. The van der Waals surface area contributed by atoms with Gasteiger partial charge in [-0.1, -0.05) is 60.4 Å². The molecule has 3 aromatic carbocycles. The van der Waals surface area contributed by atoms with Crippen molar-refractivity contribution in [1.82, 2.24) is 5.32 Å². The Morgan fingerprint density at radius 1 is 1.00 bits per heavy atom. The van der Waals surface area contributed by atoms with Gasteiger partial charge in [-0.2, -0.15) is 13.2 Å². The molecule has 32 heavy (non-hydrogen) atoms. The standard InChI is InChI=1S/C26H20F3NO2/c1-17-15-18(12-13-24(17)26(27,28)29)7-6-14-30-25(31)32-16-23-21-10-4-2-8-19(21)20-9-3-5-11-22(20)23/h2-5,8-13,15,23H,14,16H2,1H3,(H,30,31). The van der Waals surface area contributed by atoms with Crippen LogP contribution in [0, 0.1) is 18.8 Å². The van der Waals surface area contributed by atoms with Crippen molar-refractivity contribution in [3.05, 3.63) is 94.5 Å². The molecular weight excluding hydrogens is 415 g/mol. The molecule has 1 aliphatic carbocycles. The molecule has 0 atom stereocenters. The van der Waals surface area contributed by atoms with Crippen molar-refractivity contribution in [2.24, 2.45) is 0 Å². The summed E-state index contributed by atoms with van der Waals surface area (Å²) in [5.74, 6) is 5.46. The van der Waals surface area contributed by atoms with Crippen molar-refractivity contribution in [2.45, 2.75) is 19.0 Å². The van der Waals surface area contributed by atoms with Crippen LogP contribution in [0.25, 0.3) is 11.1 Å². The molecule has 1 N–H and O–H groups in total. The fraction of sp³-hybridized carbons (Fsp3) is 0.192. The van der Waals surface area contributed by atoms with E-state index in [1.165, 1.54) is 19.1 Å². The highest BCUT2D eigenvalue weighted by Gasteiger charge is 2.32. The number of ether oxygens (including phenoxy) is 1. The summed E-state index contributed by atoms with van der Waals surface area (Å²) in [7, 11) is 0. The largest absolute Gasteiger partial charge is 0.449 e. The predicted octanol–water partition coefficient (Wildman–Crippen LogP) is 5.90. The molecule has 0 aliphatic heterocycles. The number of hydrogen-bond acceptors (Lipinski definition) is 2. The maximum absolute atomic E-state index is 12.8. The monoisotopic (exact) mass is 435 g/mol. The third-order valence-corrected chi connectivity index (χ3v) is 5.43. The lowest BCUT2D eigenvalue weighted by molar-refractivity contribution is -0.138. The summed E-state index contributed by atoms with van der Waals surface area (Å²) in [5.41, 5.74) is 4.42. The molecule has 4 rings (SSSR count). The van der Waals surface area contributed by atoms with E-state index in [9.17, 15) is 18.0 Å². The van der Waals surface area contributed by atoms with E-state index in [4.69, 9.17) is 4.74 Å². The van der Waals surface area contributed by atoms with Crippen molar-refractivity contribution in [3.8, 4) is 23.0 Å². The van der Waals surface area contributed by atoms with Crippen molar-refractivity contribution in [1.29, 1.82) is 0 Å². The summed E-state index contributed by atoms with van der Waals surface area (Å²) in [5, 5.41) is 2.56. The third-order valence-electron chi connectivity index (χ3n) is 5.43. The van der Waals surface area contributed by atoms with E-state index in [2.05, 4.69) is 29.3 Å². The number of alkyl carbamates (subject to hydrolysis) is 1. The Hall–Kier alpha value is -3.72.